The number of anilines is 1. The Morgan fingerprint density at radius 1 is 0.892 bits per heavy atom. The molecule has 2 N–H and O–H groups in total. The molecule has 15 nitrogen and oxygen atoms in total. The lowest BCUT2D eigenvalue weighted by atomic mass is 10.0. The normalized spacial score (nSPS) is 19.6. The number of benzene rings is 2. The van der Waals surface area contributed by atoms with Crippen molar-refractivity contribution in [3.63, 3.8) is 0 Å². The van der Waals surface area contributed by atoms with E-state index < -0.39 is 11.9 Å². The summed E-state index contributed by atoms with van der Waals surface area (Å²) in [6, 6.07) is 15.1. The highest BCUT2D eigenvalue weighted by molar-refractivity contribution is 6.06. The molecule has 4 aliphatic heterocycles. The number of rotatable bonds is 9. The largest absolute Gasteiger partial charge is 0.477 e. The van der Waals surface area contributed by atoms with Crippen molar-refractivity contribution in [3.05, 3.63) is 88.2 Å². The number of fused-ring (bicyclic) bond motifs is 8. The van der Waals surface area contributed by atoms with Crippen LogP contribution in [0.15, 0.2) is 54.7 Å². The Kier molecular flexibility index (Phi) is 13.1. The summed E-state index contributed by atoms with van der Waals surface area (Å²) < 4.78 is 10.2. The first-order chi connectivity index (χ1) is 31.6. The summed E-state index contributed by atoms with van der Waals surface area (Å²) in [5.41, 5.74) is 8.07. The number of piperidine rings is 1. The van der Waals surface area contributed by atoms with Crippen molar-refractivity contribution in [2.75, 3.05) is 44.6 Å². The molecule has 9 rings (SSSR count). The molecular formula is C50H58N10O5. The van der Waals surface area contributed by atoms with Crippen LogP contribution in [0.1, 0.15) is 108 Å². The number of hydrogen-bond acceptors (Lipinski definition) is 10. The number of pyridine rings is 1. The van der Waals surface area contributed by atoms with E-state index in [1.165, 1.54) is 5.56 Å². The number of aryl methyl sites for hydroxylation is 2. The third kappa shape index (κ3) is 9.84. The van der Waals surface area contributed by atoms with Crippen LogP contribution >= 0.6 is 0 Å². The van der Waals surface area contributed by atoms with E-state index in [0.717, 1.165) is 118 Å². The molecule has 0 spiro atoms. The predicted octanol–water partition coefficient (Wildman–Crippen LogP) is 6.08. The van der Waals surface area contributed by atoms with Gasteiger partial charge in [0.1, 0.15) is 6.04 Å². The number of piperazine rings is 1. The van der Waals surface area contributed by atoms with E-state index in [0.29, 0.717) is 60.7 Å². The van der Waals surface area contributed by atoms with Gasteiger partial charge in [-0.3, -0.25) is 39.7 Å². The number of nitrogens with zero attached hydrogens (tertiary/aromatic N) is 8. The number of amides is 4. The molecule has 4 amide bonds. The van der Waals surface area contributed by atoms with Crippen molar-refractivity contribution < 1.29 is 23.9 Å². The Balaban J connectivity index is 0.749. The molecule has 2 fully saturated rings. The van der Waals surface area contributed by atoms with Crippen molar-refractivity contribution in [2.24, 2.45) is 13.0 Å². The quantitative estimate of drug-likeness (QED) is 0.101. The van der Waals surface area contributed by atoms with Crippen LogP contribution in [-0.2, 0) is 36.3 Å². The van der Waals surface area contributed by atoms with Crippen LogP contribution in [0.25, 0.3) is 22.3 Å². The SMILES string of the molecule is Cc1cc2cc(n1)-c1cnn(C)c1OCCC[C@@H](C)Cn1c(nc3ccc(CN4CCN(CCCCCCC#Cc5cccc6c5CN(C5CCC(=O)NC5=O)C6=O)CC4)cc31)NC2=O. The smallest absolute Gasteiger partial charge is 0.258 e. The summed E-state index contributed by atoms with van der Waals surface area (Å²) in [7, 11) is 1.86. The van der Waals surface area contributed by atoms with Gasteiger partial charge in [-0.1, -0.05) is 43.7 Å². The first-order valence-corrected chi connectivity index (χ1v) is 23.2. The summed E-state index contributed by atoms with van der Waals surface area (Å²) >= 11 is 0. The minimum Gasteiger partial charge on any atom is -0.477 e. The van der Waals surface area contributed by atoms with Gasteiger partial charge in [-0.2, -0.15) is 5.10 Å². The molecule has 7 heterocycles. The van der Waals surface area contributed by atoms with Gasteiger partial charge in [-0.05, 0) is 99.0 Å². The molecule has 15 heteroatoms. The number of imide groups is 1. The average molecular weight is 879 g/mol. The van der Waals surface area contributed by atoms with E-state index in [2.05, 4.69) is 67.1 Å². The second-order valence-electron chi connectivity index (χ2n) is 18.1. The van der Waals surface area contributed by atoms with E-state index in [1.54, 1.807) is 34.0 Å². The zero-order chi connectivity index (χ0) is 45.0. The van der Waals surface area contributed by atoms with Gasteiger partial charge in [0, 0.05) is 88.1 Å². The molecule has 3 aromatic heterocycles. The molecule has 4 aliphatic rings. The monoisotopic (exact) mass is 878 g/mol. The van der Waals surface area contributed by atoms with Gasteiger partial charge in [-0.15, -0.1) is 0 Å². The second kappa shape index (κ2) is 19.4. The molecule has 2 aromatic carbocycles. The van der Waals surface area contributed by atoms with E-state index in [9.17, 15) is 19.2 Å². The first-order valence-electron chi connectivity index (χ1n) is 23.2. The first kappa shape index (κ1) is 43.9. The van der Waals surface area contributed by atoms with Crippen molar-refractivity contribution >= 4 is 40.6 Å². The number of carbonyl (C=O) groups is 4. The molecular weight excluding hydrogens is 821 g/mol. The fourth-order valence-electron chi connectivity index (χ4n) is 9.63. The summed E-state index contributed by atoms with van der Waals surface area (Å²) in [4.78, 5) is 67.5. The van der Waals surface area contributed by atoms with E-state index >= 15 is 0 Å². The van der Waals surface area contributed by atoms with Crippen LogP contribution in [0.5, 0.6) is 5.88 Å². The van der Waals surface area contributed by atoms with Crippen LogP contribution in [0.3, 0.4) is 0 Å². The summed E-state index contributed by atoms with van der Waals surface area (Å²) in [6.07, 6.45) is 9.42. The minimum atomic E-state index is -0.626. The van der Waals surface area contributed by atoms with Gasteiger partial charge < -0.3 is 19.1 Å². The van der Waals surface area contributed by atoms with Crippen LogP contribution in [0.2, 0.25) is 0 Å². The molecule has 2 bridgehead atoms. The zero-order valence-electron chi connectivity index (χ0n) is 37.7. The van der Waals surface area contributed by atoms with E-state index in [1.807, 2.05) is 26.1 Å². The van der Waals surface area contributed by atoms with Gasteiger partial charge in [0.25, 0.3) is 11.8 Å². The van der Waals surface area contributed by atoms with E-state index in [4.69, 9.17) is 14.7 Å². The molecule has 0 aliphatic carbocycles. The summed E-state index contributed by atoms with van der Waals surface area (Å²) in [5.74, 6) is 7.04. The Labute approximate surface area is 379 Å². The number of nitrogens with one attached hydrogen (secondary N) is 2. The van der Waals surface area contributed by atoms with Gasteiger partial charge in [0.05, 0.1) is 35.1 Å². The maximum absolute atomic E-state index is 13.9. The fraction of sp³-hybridized carbons (Fsp3) is 0.460. The molecule has 0 saturated carbocycles. The number of carbonyl (C=O) groups excluding carboxylic acids is 4. The number of ether oxygens (including phenoxy) is 1. The maximum Gasteiger partial charge on any atom is 0.258 e. The second-order valence-corrected chi connectivity index (χ2v) is 18.1. The van der Waals surface area contributed by atoms with Gasteiger partial charge in [0.15, 0.2) is 0 Å². The number of unbranched alkanes of at least 4 members (excludes halogenated alkanes) is 4. The fourth-order valence-corrected chi connectivity index (χ4v) is 9.63. The number of hydrogen-bond donors (Lipinski definition) is 2. The Morgan fingerprint density at radius 2 is 1.72 bits per heavy atom. The highest BCUT2D eigenvalue weighted by Crippen LogP contribution is 2.32. The number of aromatic nitrogens is 5. The predicted molar refractivity (Wildman–Crippen MR) is 247 cm³/mol. The standard InChI is InChI=1S/C50H58N10O5/c1-33-12-11-25-65-49-39(29-51-56(49)3)42-28-37(26-34(2)52-42)46(62)55-50-53-41-17-16-35(27-44(41)60(50)30-33)31-58-23-21-57(22-24-58)20-9-7-5-4-6-8-13-36-14-10-15-38-40(36)32-59(48(38)64)43-18-19-45(61)54-47(43)63/h10,14-17,26-29,33,43H,4-7,9,11-12,18-25,30-32H2,1-3H3,(H,53,55,62)(H,54,61,63)/t33-,43?/m1/s1. The molecule has 2 atom stereocenters. The number of imidazole rings is 1. The molecule has 0 radical (unpaired) electrons. The van der Waals surface area contributed by atoms with Gasteiger partial charge >= 0.3 is 0 Å². The van der Waals surface area contributed by atoms with Crippen LogP contribution in [-0.4, -0.2) is 108 Å². The lowest BCUT2D eigenvalue weighted by Gasteiger charge is -2.34. The molecule has 338 valence electrons. The van der Waals surface area contributed by atoms with Crippen molar-refractivity contribution in [1.82, 2.24) is 44.3 Å². The minimum absolute atomic E-state index is 0.171. The van der Waals surface area contributed by atoms with Crippen molar-refractivity contribution in [1.29, 1.82) is 0 Å². The lowest BCUT2D eigenvalue weighted by molar-refractivity contribution is -0.136. The Bertz CT molecular complexity index is 2680. The molecule has 5 aromatic rings. The van der Waals surface area contributed by atoms with Crippen LogP contribution in [0.4, 0.5) is 5.95 Å². The van der Waals surface area contributed by atoms with E-state index in [-0.39, 0.29) is 24.1 Å². The molecule has 2 saturated heterocycles. The third-order valence-corrected chi connectivity index (χ3v) is 13.2. The Hall–Kier alpha value is -6.37. The average Bonchev–Trinajstić information content (AvgIpc) is 3.95. The highest BCUT2D eigenvalue weighted by Gasteiger charge is 2.39. The summed E-state index contributed by atoms with van der Waals surface area (Å²) in [6.45, 7) is 11.8. The lowest BCUT2D eigenvalue weighted by Crippen LogP contribution is -2.52. The third-order valence-electron chi connectivity index (χ3n) is 13.2. The Morgan fingerprint density at radius 3 is 2.57 bits per heavy atom. The highest BCUT2D eigenvalue weighted by atomic mass is 16.5. The van der Waals surface area contributed by atoms with Crippen molar-refractivity contribution in [2.45, 2.75) is 97.3 Å². The maximum atomic E-state index is 13.9. The van der Waals surface area contributed by atoms with Gasteiger partial charge in [0.2, 0.25) is 23.6 Å². The van der Waals surface area contributed by atoms with Gasteiger partial charge in [-0.25, -0.2) is 9.67 Å². The van der Waals surface area contributed by atoms with Crippen LogP contribution in [0, 0.1) is 24.7 Å². The topological polar surface area (TPSA) is 160 Å². The van der Waals surface area contributed by atoms with Crippen LogP contribution < -0.4 is 15.4 Å². The molecule has 1 unspecified atom stereocenters. The zero-order valence-corrected chi connectivity index (χ0v) is 37.7. The van der Waals surface area contributed by atoms with Crippen molar-refractivity contribution in [3.8, 4) is 29.0 Å². The molecule has 65 heavy (non-hydrogen) atoms. The summed E-state index contributed by atoms with van der Waals surface area (Å²) in [5, 5.41) is 9.94.